The van der Waals surface area contributed by atoms with Gasteiger partial charge in [-0.3, -0.25) is 14.5 Å². The highest BCUT2D eigenvalue weighted by Crippen LogP contribution is 2.52. The van der Waals surface area contributed by atoms with E-state index in [0.717, 1.165) is 12.1 Å². The molecule has 3 aromatic rings. The fourth-order valence-corrected chi connectivity index (χ4v) is 6.50. The first-order chi connectivity index (χ1) is 20.2. The number of hydrogen-bond donors (Lipinski definition) is 1. The van der Waals surface area contributed by atoms with E-state index in [0.29, 0.717) is 16.5 Å². The summed E-state index contributed by atoms with van der Waals surface area (Å²) in [6, 6.07) is 11.6. The number of esters is 2. The van der Waals surface area contributed by atoms with Gasteiger partial charge in [-0.2, -0.15) is 0 Å². The summed E-state index contributed by atoms with van der Waals surface area (Å²) in [6.07, 6.45) is 0.0242. The maximum absolute atomic E-state index is 15.4. The summed E-state index contributed by atoms with van der Waals surface area (Å²) in [5.41, 5.74) is 6.80. The van der Waals surface area contributed by atoms with Crippen molar-refractivity contribution in [3.05, 3.63) is 111 Å². The lowest BCUT2D eigenvalue weighted by molar-refractivity contribution is -0.152. The van der Waals surface area contributed by atoms with Gasteiger partial charge in [-0.25, -0.2) is 18.0 Å². The van der Waals surface area contributed by atoms with Crippen molar-refractivity contribution in [2.75, 3.05) is 18.1 Å². The van der Waals surface area contributed by atoms with Gasteiger partial charge in [0.05, 0.1) is 30.4 Å². The first kappa shape index (κ1) is 29.1. The predicted octanol–water partition coefficient (Wildman–Crippen LogP) is 5.69. The SMILES string of the molecule is CCOC(=O)C1=C(N)N(c2ccc(F)cc2F)C2=C(C(=O)[C@@H](C(=O)OCC)[C@@H](c3cccs3)C2)[C@@H]1c1ccc(F)cc1. The molecule has 11 heteroatoms. The Kier molecular flexibility index (Phi) is 8.22. The molecule has 2 aliphatic rings. The van der Waals surface area contributed by atoms with Gasteiger partial charge in [0.25, 0.3) is 0 Å². The summed E-state index contributed by atoms with van der Waals surface area (Å²) < 4.78 is 54.0. The van der Waals surface area contributed by atoms with Crippen molar-refractivity contribution in [2.45, 2.75) is 32.1 Å². The molecule has 5 rings (SSSR count). The minimum Gasteiger partial charge on any atom is -0.465 e. The van der Waals surface area contributed by atoms with E-state index < -0.39 is 52.9 Å². The standard InChI is InChI=1S/C31H27F3N2O5S/c1-3-40-30(38)25-19(23-6-5-13-42-23)15-22-26(28(25)37)24(16-7-9-17(32)10-8-16)27(31(39)41-4-2)29(35)36(22)21-12-11-18(33)14-20(21)34/h5-14,19,24-25H,3-4,15,35H2,1-2H3/t19-,24+,25+/m1/s1. The maximum atomic E-state index is 15.4. The Labute approximate surface area is 244 Å². The number of carbonyl (C=O) groups is 3. The zero-order valence-corrected chi connectivity index (χ0v) is 23.6. The molecule has 0 unspecified atom stereocenters. The highest BCUT2D eigenvalue weighted by atomic mass is 32.1. The Morgan fingerprint density at radius 1 is 1.00 bits per heavy atom. The molecule has 2 heterocycles. The number of rotatable bonds is 7. The van der Waals surface area contributed by atoms with E-state index in [1.807, 2.05) is 0 Å². The van der Waals surface area contributed by atoms with Crippen molar-refractivity contribution < 1.29 is 37.0 Å². The number of carbonyl (C=O) groups excluding carboxylic acids is 3. The minimum atomic E-state index is -1.28. The third-order valence-corrected chi connectivity index (χ3v) is 8.34. The molecule has 1 aromatic heterocycles. The van der Waals surface area contributed by atoms with E-state index in [-0.39, 0.29) is 48.0 Å². The highest BCUT2D eigenvalue weighted by molar-refractivity contribution is 7.10. The van der Waals surface area contributed by atoms with Crippen LogP contribution in [0, 0.1) is 23.4 Å². The van der Waals surface area contributed by atoms with E-state index in [4.69, 9.17) is 15.2 Å². The van der Waals surface area contributed by atoms with E-state index in [1.165, 1.54) is 40.5 Å². The molecule has 2 aromatic carbocycles. The first-order valence-corrected chi connectivity index (χ1v) is 14.2. The van der Waals surface area contributed by atoms with Crippen molar-refractivity contribution in [1.29, 1.82) is 0 Å². The molecule has 0 bridgehead atoms. The average Bonchev–Trinajstić information content (AvgIpc) is 3.49. The van der Waals surface area contributed by atoms with Gasteiger partial charge in [0.15, 0.2) is 5.78 Å². The van der Waals surface area contributed by atoms with Crippen LogP contribution in [0.1, 0.15) is 42.5 Å². The van der Waals surface area contributed by atoms with E-state index in [9.17, 15) is 23.2 Å². The number of nitrogens with zero attached hydrogens (tertiary/aromatic N) is 1. The highest BCUT2D eigenvalue weighted by Gasteiger charge is 2.51. The average molecular weight is 597 g/mol. The van der Waals surface area contributed by atoms with Gasteiger partial charge >= 0.3 is 11.9 Å². The number of Topliss-reactive ketones (excluding diaryl/α,β-unsaturated/α-hetero) is 1. The van der Waals surface area contributed by atoms with E-state index >= 15 is 4.39 Å². The third kappa shape index (κ3) is 5.09. The molecule has 1 aliphatic heterocycles. The third-order valence-electron chi connectivity index (χ3n) is 7.34. The molecule has 7 nitrogen and oxygen atoms in total. The molecule has 3 atom stereocenters. The summed E-state index contributed by atoms with van der Waals surface area (Å²) in [5.74, 6) is -8.05. The lowest BCUT2D eigenvalue weighted by Crippen LogP contribution is -2.46. The second-order valence-electron chi connectivity index (χ2n) is 9.72. The van der Waals surface area contributed by atoms with Crippen LogP contribution < -0.4 is 10.6 Å². The molecule has 0 spiro atoms. The molecule has 2 N–H and O–H groups in total. The minimum absolute atomic E-state index is 0.00607. The molecule has 0 saturated heterocycles. The van der Waals surface area contributed by atoms with Gasteiger partial charge in [-0.15, -0.1) is 11.3 Å². The second kappa shape index (κ2) is 11.8. The normalized spacial score (nSPS) is 20.5. The first-order valence-electron chi connectivity index (χ1n) is 13.3. The predicted molar refractivity (Wildman–Crippen MR) is 150 cm³/mol. The lowest BCUT2D eigenvalue weighted by atomic mass is 9.68. The van der Waals surface area contributed by atoms with Crippen LogP contribution in [0.15, 0.2) is 82.6 Å². The quantitative estimate of drug-likeness (QED) is 0.276. The van der Waals surface area contributed by atoms with Crippen molar-refractivity contribution >= 4 is 34.7 Å². The smallest absolute Gasteiger partial charge is 0.338 e. The van der Waals surface area contributed by atoms with Crippen molar-refractivity contribution in [3.63, 3.8) is 0 Å². The lowest BCUT2D eigenvalue weighted by Gasteiger charge is -2.43. The number of thiophene rings is 1. The number of ether oxygens (including phenoxy) is 2. The molecule has 0 radical (unpaired) electrons. The molecule has 42 heavy (non-hydrogen) atoms. The number of anilines is 1. The van der Waals surface area contributed by atoms with Crippen LogP contribution in [-0.2, 0) is 23.9 Å². The number of ketones is 1. The van der Waals surface area contributed by atoms with Crippen molar-refractivity contribution in [3.8, 4) is 0 Å². The van der Waals surface area contributed by atoms with Crippen molar-refractivity contribution in [2.24, 2.45) is 11.7 Å². The Morgan fingerprint density at radius 3 is 2.31 bits per heavy atom. The fraction of sp³-hybridized carbons (Fsp3) is 0.258. The molecule has 218 valence electrons. The van der Waals surface area contributed by atoms with Gasteiger partial charge < -0.3 is 15.2 Å². The monoisotopic (exact) mass is 596 g/mol. The van der Waals surface area contributed by atoms with Gasteiger partial charge in [-0.1, -0.05) is 18.2 Å². The summed E-state index contributed by atoms with van der Waals surface area (Å²) in [6.45, 7) is 3.20. The fourth-order valence-electron chi connectivity index (χ4n) is 5.64. The molecule has 0 amide bonds. The number of halogens is 3. The summed E-state index contributed by atoms with van der Waals surface area (Å²) >= 11 is 1.34. The largest absolute Gasteiger partial charge is 0.465 e. The summed E-state index contributed by atoms with van der Waals surface area (Å²) in [5, 5.41) is 1.80. The van der Waals surface area contributed by atoms with Crippen LogP contribution >= 0.6 is 11.3 Å². The molecular weight excluding hydrogens is 569 g/mol. The second-order valence-corrected chi connectivity index (χ2v) is 10.7. The van der Waals surface area contributed by atoms with Crippen LogP contribution in [0.25, 0.3) is 0 Å². The van der Waals surface area contributed by atoms with Crippen LogP contribution in [-0.4, -0.2) is 30.9 Å². The Bertz CT molecular complexity index is 1600. The van der Waals surface area contributed by atoms with Crippen molar-refractivity contribution in [1.82, 2.24) is 0 Å². The van der Waals surface area contributed by atoms with Crippen LogP contribution in [0.3, 0.4) is 0 Å². The Hall–Kier alpha value is -4.38. The summed E-state index contributed by atoms with van der Waals surface area (Å²) in [4.78, 5) is 43.3. The Balaban J connectivity index is 1.83. The van der Waals surface area contributed by atoms with E-state index in [2.05, 4.69) is 0 Å². The van der Waals surface area contributed by atoms with Crippen LogP contribution in [0.5, 0.6) is 0 Å². The summed E-state index contributed by atoms with van der Waals surface area (Å²) in [7, 11) is 0. The van der Waals surface area contributed by atoms with E-state index in [1.54, 1.807) is 31.4 Å². The molecular formula is C31H27F3N2O5S. The topological polar surface area (TPSA) is 98.9 Å². The molecule has 0 saturated carbocycles. The van der Waals surface area contributed by atoms with Gasteiger partial charge in [0, 0.05) is 28.1 Å². The van der Waals surface area contributed by atoms with Crippen LogP contribution in [0.2, 0.25) is 0 Å². The molecule has 0 fully saturated rings. The number of benzene rings is 2. The zero-order chi connectivity index (χ0) is 30.1. The number of hydrogen-bond acceptors (Lipinski definition) is 8. The van der Waals surface area contributed by atoms with Gasteiger partial charge in [0.2, 0.25) is 0 Å². The van der Waals surface area contributed by atoms with Gasteiger partial charge in [0.1, 0.15) is 29.2 Å². The maximum Gasteiger partial charge on any atom is 0.338 e. The van der Waals surface area contributed by atoms with Gasteiger partial charge in [-0.05, 0) is 61.5 Å². The van der Waals surface area contributed by atoms with Crippen LogP contribution in [0.4, 0.5) is 18.9 Å². The number of allylic oxidation sites excluding steroid dienone is 2. The Morgan fingerprint density at radius 2 is 1.69 bits per heavy atom. The number of nitrogens with two attached hydrogens (primary N) is 1. The molecule has 1 aliphatic carbocycles. The zero-order valence-electron chi connectivity index (χ0n) is 22.7.